The van der Waals surface area contributed by atoms with Crippen molar-refractivity contribution >= 4 is 17.3 Å². The van der Waals surface area contributed by atoms with Gasteiger partial charge < -0.3 is 10.3 Å². The Kier molecular flexibility index (Phi) is 3.77. The fourth-order valence-electron chi connectivity index (χ4n) is 1.77. The van der Waals surface area contributed by atoms with Gasteiger partial charge in [-0.25, -0.2) is 19.6 Å². The van der Waals surface area contributed by atoms with Crippen molar-refractivity contribution in [2.24, 2.45) is 5.84 Å². The largest absolute Gasteiger partial charge is 0.326 e. The molecule has 0 aliphatic heterocycles. The number of benzene rings is 1. The first-order chi connectivity index (χ1) is 9.58. The van der Waals surface area contributed by atoms with Gasteiger partial charge in [0.2, 0.25) is 0 Å². The molecule has 102 valence electrons. The summed E-state index contributed by atoms with van der Waals surface area (Å²) < 4.78 is 27.2. The number of nitrogens with one attached hydrogen (secondary N) is 1. The van der Waals surface area contributed by atoms with Gasteiger partial charge in [0.25, 0.3) is 0 Å². The summed E-state index contributed by atoms with van der Waals surface area (Å²) in [5, 5.41) is 9.05. The van der Waals surface area contributed by atoms with E-state index >= 15 is 0 Å². The van der Waals surface area contributed by atoms with Gasteiger partial charge in [-0.3, -0.25) is 0 Å². The number of nitrogens with zero attached hydrogens (tertiary/aromatic N) is 3. The Morgan fingerprint density at radius 2 is 2.00 bits per heavy atom. The van der Waals surface area contributed by atoms with Crippen LogP contribution in [-0.2, 0) is 0 Å². The molecule has 0 radical (unpaired) electrons. The summed E-state index contributed by atoms with van der Waals surface area (Å²) in [7, 11) is 1.53. The van der Waals surface area contributed by atoms with E-state index in [1.165, 1.54) is 11.9 Å². The Morgan fingerprint density at radius 3 is 2.65 bits per heavy atom. The highest BCUT2D eigenvalue weighted by atomic mass is 19.1. The van der Waals surface area contributed by atoms with Crippen LogP contribution in [0.25, 0.3) is 0 Å². The maximum atomic E-state index is 13.8. The van der Waals surface area contributed by atoms with Gasteiger partial charge in [0.1, 0.15) is 6.07 Å². The van der Waals surface area contributed by atoms with Crippen LogP contribution in [0.2, 0.25) is 0 Å². The number of hydrogen-bond donors (Lipinski definition) is 2. The second kappa shape index (κ2) is 5.50. The molecule has 3 N–H and O–H groups in total. The number of nitrogens with two attached hydrogens (primary N) is 1. The average molecular weight is 275 g/mol. The number of hydrazine groups is 1. The lowest BCUT2D eigenvalue weighted by molar-refractivity contribution is 0.576. The Morgan fingerprint density at radius 1 is 1.30 bits per heavy atom. The van der Waals surface area contributed by atoms with Crippen LogP contribution in [0.5, 0.6) is 0 Å². The zero-order valence-electron chi connectivity index (χ0n) is 10.6. The molecule has 0 aliphatic carbocycles. The monoisotopic (exact) mass is 275 g/mol. The molecule has 0 aliphatic rings. The maximum Gasteiger partial charge on any atom is 0.178 e. The third-order valence-corrected chi connectivity index (χ3v) is 2.75. The molecule has 0 saturated heterocycles. The average Bonchev–Trinajstić information content (AvgIpc) is 2.46. The highest BCUT2D eigenvalue weighted by Crippen LogP contribution is 2.29. The highest BCUT2D eigenvalue weighted by Gasteiger charge is 2.17. The van der Waals surface area contributed by atoms with Crippen LogP contribution in [-0.4, -0.2) is 12.0 Å². The van der Waals surface area contributed by atoms with Crippen molar-refractivity contribution in [1.82, 2.24) is 4.98 Å². The first kappa shape index (κ1) is 13.7. The molecule has 1 aromatic carbocycles. The second-order valence-electron chi connectivity index (χ2n) is 3.96. The van der Waals surface area contributed by atoms with E-state index in [0.717, 1.165) is 0 Å². The van der Waals surface area contributed by atoms with Crippen molar-refractivity contribution < 1.29 is 8.78 Å². The van der Waals surface area contributed by atoms with Crippen molar-refractivity contribution in [3.63, 3.8) is 0 Å². The number of pyridine rings is 1. The standard InChI is InChI=1S/C13H11F2N5/c1-20(11-5-3-2-4-8(11)7-16)13-10(15)6-9(14)12(18-13)19-17/h2-6H,17H2,1H3,(H,18,19). The molecule has 5 nitrogen and oxygen atoms in total. The lowest BCUT2D eigenvalue weighted by Gasteiger charge is -2.20. The molecule has 1 heterocycles. The molecule has 0 amide bonds. The first-order valence-electron chi connectivity index (χ1n) is 5.64. The number of halogens is 2. The third-order valence-electron chi connectivity index (χ3n) is 2.75. The van der Waals surface area contributed by atoms with Crippen molar-refractivity contribution in [3.05, 3.63) is 47.5 Å². The van der Waals surface area contributed by atoms with Crippen molar-refractivity contribution in [2.75, 3.05) is 17.4 Å². The molecular weight excluding hydrogens is 264 g/mol. The summed E-state index contributed by atoms with van der Waals surface area (Å²) in [4.78, 5) is 5.13. The first-order valence-corrected chi connectivity index (χ1v) is 5.64. The van der Waals surface area contributed by atoms with Crippen molar-refractivity contribution in [1.29, 1.82) is 5.26 Å². The van der Waals surface area contributed by atoms with Crippen molar-refractivity contribution in [2.45, 2.75) is 0 Å². The number of aromatic nitrogens is 1. The molecule has 7 heteroatoms. The van der Waals surface area contributed by atoms with Crippen LogP contribution in [0.1, 0.15) is 5.56 Å². The second-order valence-corrected chi connectivity index (χ2v) is 3.96. The number of para-hydroxylation sites is 1. The van der Waals surface area contributed by atoms with E-state index in [0.29, 0.717) is 17.3 Å². The summed E-state index contributed by atoms with van der Waals surface area (Å²) >= 11 is 0. The molecule has 0 fully saturated rings. The predicted molar refractivity (Wildman–Crippen MR) is 71.2 cm³/mol. The summed E-state index contributed by atoms with van der Waals surface area (Å²) in [5.41, 5.74) is 2.86. The van der Waals surface area contributed by atoms with E-state index in [4.69, 9.17) is 11.1 Å². The van der Waals surface area contributed by atoms with E-state index in [9.17, 15) is 8.78 Å². The fourth-order valence-corrected chi connectivity index (χ4v) is 1.77. The topological polar surface area (TPSA) is 78.0 Å². The van der Waals surface area contributed by atoms with E-state index in [2.05, 4.69) is 10.4 Å². The molecule has 2 rings (SSSR count). The highest BCUT2D eigenvalue weighted by molar-refractivity contribution is 5.67. The van der Waals surface area contributed by atoms with Gasteiger partial charge in [0, 0.05) is 13.1 Å². The van der Waals surface area contributed by atoms with E-state index in [1.807, 2.05) is 6.07 Å². The van der Waals surface area contributed by atoms with Gasteiger partial charge >= 0.3 is 0 Å². The summed E-state index contributed by atoms with van der Waals surface area (Å²) in [6.07, 6.45) is 0. The molecule has 2 aromatic rings. The van der Waals surface area contributed by atoms with Gasteiger partial charge in [0.15, 0.2) is 23.3 Å². The number of rotatable bonds is 3. The maximum absolute atomic E-state index is 13.8. The zero-order valence-corrected chi connectivity index (χ0v) is 10.6. The quantitative estimate of drug-likeness (QED) is 0.663. The third kappa shape index (κ3) is 2.37. The molecule has 0 unspecified atom stereocenters. The normalized spacial score (nSPS) is 9.95. The molecular formula is C13H11F2N5. The lowest BCUT2D eigenvalue weighted by atomic mass is 10.2. The number of nitriles is 1. The van der Waals surface area contributed by atoms with Crippen LogP contribution in [0.15, 0.2) is 30.3 Å². The molecule has 1 aromatic heterocycles. The van der Waals surface area contributed by atoms with Gasteiger partial charge in [-0.1, -0.05) is 12.1 Å². The van der Waals surface area contributed by atoms with Crippen LogP contribution >= 0.6 is 0 Å². The van der Waals surface area contributed by atoms with Gasteiger partial charge in [0.05, 0.1) is 11.3 Å². The van der Waals surface area contributed by atoms with Gasteiger partial charge in [-0.15, -0.1) is 0 Å². The predicted octanol–water partition coefficient (Wildman–Crippen LogP) is 2.28. The Labute approximate surface area is 114 Å². The van der Waals surface area contributed by atoms with Crippen LogP contribution in [0.4, 0.5) is 26.1 Å². The van der Waals surface area contributed by atoms with Crippen LogP contribution in [0, 0.1) is 23.0 Å². The van der Waals surface area contributed by atoms with Crippen molar-refractivity contribution in [3.8, 4) is 6.07 Å². The Hall–Kier alpha value is -2.72. The number of hydrogen-bond acceptors (Lipinski definition) is 5. The Bertz CT molecular complexity index is 681. The molecule has 0 saturated carbocycles. The molecule has 20 heavy (non-hydrogen) atoms. The number of anilines is 3. The zero-order chi connectivity index (χ0) is 14.7. The van der Waals surface area contributed by atoms with E-state index in [-0.39, 0.29) is 11.6 Å². The smallest absolute Gasteiger partial charge is 0.178 e. The summed E-state index contributed by atoms with van der Waals surface area (Å²) in [5.74, 6) is 2.96. The minimum absolute atomic E-state index is 0.137. The minimum Gasteiger partial charge on any atom is -0.326 e. The summed E-state index contributed by atoms with van der Waals surface area (Å²) in [6, 6.07) is 9.31. The summed E-state index contributed by atoms with van der Waals surface area (Å²) in [6.45, 7) is 0. The minimum atomic E-state index is -0.893. The molecule has 0 atom stereocenters. The Balaban J connectivity index is 2.54. The SMILES string of the molecule is CN(c1ccccc1C#N)c1nc(NN)c(F)cc1F. The van der Waals surface area contributed by atoms with Gasteiger partial charge in [-0.05, 0) is 12.1 Å². The fraction of sp³-hybridized carbons (Fsp3) is 0.0769. The van der Waals surface area contributed by atoms with Gasteiger partial charge in [-0.2, -0.15) is 5.26 Å². The van der Waals surface area contributed by atoms with E-state index in [1.54, 1.807) is 24.3 Å². The molecule has 0 bridgehead atoms. The molecule has 0 spiro atoms. The van der Waals surface area contributed by atoms with Crippen LogP contribution < -0.4 is 16.2 Å². The lowest BCUT2D eigenvalue weighted by Crippen LogP contribution is -2.18. The van der Waals surface area contributed by atoms with E-state index < -0.39 is 11.6 Å². The van der Waals surface area contributed by atoms with Crippen LogP contribution in [0.3, 0.4) is 0 Å². The number of nitrogen functional groups attached to an aromatic ring is 1.